The van der Waals surface area contributed by atoms with Crippen molar-refractivity contribution in [3.8, 4) is 0 Å². The van der Waals surface area contributed by atoms with Gasteiger partial charge in [-0.05, 0) is 30.7 Å². The van der Waals surface area contributed by atoms with Gasteiger partial charge >= 0.3 is 0 Å². The minimum absolute atomic E-state index is 0.760. The number of aldehydes is 1. The van der Waals surface area contributed by atoms with E-state index in [0.717, 1.165) is 17.5 Å². The molecule has 0 fully saturated rings. The maximum absolute atomic E-state index is 9.96. The van der Waals surface area contributed by atoms with E-state index in [-0.39, 0.29) is 0 Å². The molecule has 1 heterocycles. The topological polar surface area (TPSA) is 30.0 Å². The van der Waals surface area contributed by atoms with Crippen molar-refractivity contribution in [3.05, 3.63) is 35.7 Å². The average molecular weight is 147 g/mol. The van der Waals surface area contributed by atoms with Gasteiger partial charge in [0.1, 0.15) is 6.29 Å². The maximum Gasteiger partial charge on any atom is 0.142 e. The van der Waals surface area contributed by atoms with Crippen molar-refractivity contribution in [1.82, 2.24) is 4.98 Å². The van der Waals surface area contributed by atoms with Crippen LogP contribution in [0.25, 0.3) is 6.08 Å². The fourth-order valence-corrected chi connectivity index (χ4v) is 0.822. The summed E-state index contributed by atoms with van der Waals surface area (Å²) in [4.78, 5) is 14.0. The van der Waals surface area contributed by atoms with Crippen molar-refractivity contribution >= 4 is 12.4 Å². The first-order valence-electron chi connectivity index (χ1n) is 3.37. The van der Waals surface area contributed by atoms with E-state index in [1.165, 1.54) is 6.08 Å². The summed E-state index contributed by atoms with van der Waals surface area (Å²) >= 11 is 0. The molecule has 0 bridgehead atoms. The van der Waals surface area contributed by atoms with E-state index in [1.807, 2.05) is 19.1 Å². The highest BCUT2D eigenvalue weighted by molar-refractivity contribution is 5.73. The predicted molar refractivity (Wildman–Crippen MR) is 44.1 cm³/mol. The third-order valence-corrected chi connectivity index (χ3v) is 1.29. The number of allylic oxidation sites excluding steroid dienone is 1. The van der Waals surface area contributed by atoms with Gasteiger partial charge < -0.3 is 0 Å². The van der Waals surface area contributed by atoms with Gasteiger partial charge in [0.25, 0.3) is 0 Å². The minimum Gasteiger partial charge on any atom is -0.299 e. The number of carbonyl (C=O) groups is 1. The summed E-state index contributed by atoms with van der Waals surface area (Å²) in [6.07, 6.45) is 5.70. The van der Waals surface area contributed by atoms with Crippen LogP contribution in [0.1, 0.15) is 11.3 Å². The number of aryl methyl sites for hydroxylation is 1. The van der Waals surface area contributed by atoms with Gasteiger partial charge in [0.15, 0.2) is 0 Å². The van der Waals surface area contributed by atoms with Gasteiger partial charge in [0.2, 0.25) is 0 Å². The molecule has 1 rings (SSSR count). The maximum atomic E-state index is 9.96. The Morgan fingerprint density at radius 2 is 2.36 bits per heavy atom. The second-order valence-corrected chi connectivity index (χ2v) is 2.23. The Morgan fingerprint density at radius 3 is 3.00 bits per heavy atom. The van der Waals surface area contributed by atoms with E-state index in [4.69, 9.17) is 0 Å². The Bertz CT molecular complexity index is 279. The number of nitrogens with zero attached hydrogens (tertiary/aromatic N) is 1. The molecule has 0 atom stereocenters. The van der Waals surface area contributed by atoms with Crippen LogP contribution in [0.4, 0.5) is 0 Å². The quantitative estimate of drug-likeness (QED) is 0.469. The fraction of sp³-hybridized carbons (Fsp3) is 0.111. The lowest BCUT2D eigenvalue weighted by atomic mass is 10.2. The van der Waals surface area contributed by atoms with Crippen LogP contribution < -0.4 is 0 Å². The monoisotopic (exact) mass is 147 g/mol. The van der Waals surface area contributed by atoms with E-state index in [9.17, 15) is 4.79 Å². The standard InChI is InChI=1S/C9H9NO/c1-8-7-9(3-2-6-11)4-5-10-8/h2-7H,1H3/b3-2+. The second-order valence-electron chi connectivity index (χ2n) is 2.23. The molecule has 56 valence electrons. The largest absolute Gasteiger partial charge is 0.299 e. The molecule has 0 saturated heterocycles. The number of aromatic nitrogens is 1. The zero-order valence-corrected chi connectivity index (χ0v) is 6.32. The molecule has 1 aromatic rings. The normalized spacial score (nSPS) is 10.3. The number of pyridine rings is 1. The van der Waals surface area contributed by atoms with Gasteiger partial charge in [-0.2, -0.15) is 0 Å². The summed E-state index contributed by atoms with van der Waals surface area (Å²) in [5, 5.41) is 0. The van der Waals surface area contributed by atoms with E-state index in [1.54, 1.807) is 12.3 Å². The minimum atomic E-state index is 0.760. The summed E-state index contributed by atoms with van der Waals surface area (Å²) in [7, 11) is 0. The van der Waals surface area contributed by atoms with Crippen LogP contribution in [0, 0.1) is 6.92 Å². The Kier molecular flexibility index (Phi) is 2.55. The van der Waals surface area contributed by atoms with Gasteiger partial charge in [-0.25, -0.2) is 0 Å². The number of hydrogen-bond donors (Lipinski definition) is 0. The van der Waals surface area contributed by atoms with E-state index < -0.39 is 0 Å². The third kappa shape index (κ3) is 2.34. The molecule has 0 radical (unpaired) electrons. The van der Waals surface area contributed by atoms with Gasteiger partial charge in [0, 0.05) is 11.9 Å². The molecule has 2 heteroatoms. The SMILES string of the molecule is Cc1cc(/C=C/C=O)ccn1. The molecule has 0 N–H and O–H groups in total. The smallest absolute Gasteiger partial charge is 0.142 e. The number of hydrogen-bond acceptors (Lipinski definition) is 2. The third-order valence-electron chi connectivity index (χ3n) is 1.29. The fourth-order valence-electron chi connectivity index (χ4n) is 0.822. The highest BCUT2D eigenvalue weighted by Gasteiger charge is 1.86. The summed E-state index contributed by atoms with van der Waals surface area (Å²) in [6.45, 7) is 1.91. The molecule has 0 aliphatic carbocycles. The molecule has 0 saturated carbocycles. The second kappa shape index (κ2) is 3.66. The van der Waals surface area contributed by atoms with Crippen molar-refractivity contribution in [2.24, 2.45) is 0 Å². The first kappa shape index (κ1) is 7.66. The lowest BCUT2D eigenvalue weighted by molar-refractivity contribution is -0.104. The molecule has 0 unspecified atom stereocenters. The Balaban J connectivity index is 2.87. The van der Waals surface area contributed by atoms with Crippen molar-refractivity contribution in [2.45, 2.75) is 6.92 Å². The molecule has 0 aliphatic heterocycles. The number of carbonyl (C=O) groups excluding carboxylic acids is 1. The van der Waals surface area contributed by atoms with Crippen molar-refractivity contribution in [3.63, 3.8) is 0 Å². The Hall–Kier alpha value is -1.44. The first-order chi connectivity index (χ1) is 5.33. The van der Waals surface area contributed by atoms with Crippen LogP contribution in [0.3, 0.4) is 0 Å². The number of rotatable bonds is 2. The molecule has 11 heavy (non-hydrogen) atoms. The van der Waals surface area contributed by atoms with E-state index in [2.05, 4.69) is 4.98 Å². The lowest BCUT2D eigenvalue weighted by Gasteiger charge is -1.92. The summed E-state index contributed by atoms with van der Waals surface area (Å²) in [5.74, 6) is 0. The highest BCUT2D eigenvalue weighted by atomic mass is 16.1. The Morgan fingerprint density at radius 1 is 1.55 bits per heavy atom. The molecule has 0 aliphatic rings. The molecule has 1 aromatic heterocycles. The van der Waals surface area contributed by atoms with Gasteiger partial charge in [-0.15, -0.1) is 0 Å². The first-order valence-corrected chi connectivity index (χ1v) is 3.37. The Labute approximate surface area is 65.6 Å². The highest BCUT2D eigenvalue weighted by Crippen LogP contribution is 2.01. The van der Waals surface area contributed by atoms with Crippen LogP contribution in [-0.2, 0) is 4.79 Å². The summed E-state index contributed by atoms with van der Waals surface area (Å²) in [5.41, 5.74) is 1.96. The van der Waals surface area contributed by atoms with Crippen LogP contribution >= 0.6 is 0 Å². The molecule has 0 spiro atoms. The van der Waals surface area contributed by atoms with Crippen LogP contribution in [0.15, 0.2) is 24.4 Å². The van der Waals surface area contributed by atoms with Gasteiger partial charge in [-0.1, -0.05) is 6.08 Å². The molecule has 0 amide bonds. The van der Waals surface area contributed by atoms with Crippen LogP contribution in [0.5, 0.6) is 0 Å². The van der Waals surface area contributed by atoms with Gasteiger partial charge in [-0.3, -0.25) is 9.78 Å². The average Bonchev–Trinajstić information content (AvgIpc) is 2.01. The zero-order chi connectivity index (χ0) is 8.10. The van der Waals surface area contributed by atoms with E-state index >= 15 is 0 Å². The van der Waals surface area contributed by atoms with Crippen LogP contribution in [-0.4, -0.2) is 11.3 Å². The molecular weight excluding hydrogens is 138 g/mol. The molecule has 2 nitrogen and oxygen atoms in total. The molecule has 0 aromatic carbocycles. The lowest BCUT2D eigenvalue weighted by Crippen LogP contribution is -1.79. The van der Waals surface area contributed by atoms with Crippen LogP contribution in [0.2, 0.25) is 0 Å². The summed E-state index contributed by atoms with van der Waals surface area (Å²) in [6, 6.07) is 3.77. The van der Waals surface area contributed by atoms with Gasteiger partial charge in [0.05, 0.1) is 0 Å². The molecular formula is C9H9NO. The van der Waals surface area contributed by atoms with Crippen molar-refractivity contribution < 1.29 is 4.79 Å². The van der Waals surface area contributed by atoms with Crippen molar-refractivity contribution in [2.75, 3.05) is 0 Å². The predicted octanol–water partition coefficient (Wildman–Crippen LogP) is 1.60. The van der Waals surface area contributed by atoms with Crippen molar-refractivity contribution in [1.29, 1.82) is 0 Å². The zero-order valence-electron chi connectivity index (χ0n) is 6.32. The van der Waals surface area contributed by atoms with E-state index in [0.29, 0.717) is 0 Å². The summed E-state index contributed by atoms with van der Waals surface area (Å²) < 4.78 is 0.